The summed E-state index contributed by atoms with van der Waals surface area (Å²) in [6.45, 7) is 1.61. The number of anilines is 2. The van der Waals surface area contributed by atoms with Crippen LogP contribution in [0.15, 0.2) is 47.4 Å². The number of primary amides is 1. The molecule has 0 spiro atoms. The molecule has 1 saturated heterocycles. The first-order valence-corrected chi connectivity index (χ1v) is 10.4. The second kappa shape index (κ2) is 8.16. The van der Waals surface area contributed by atoms with E-state index in [9.17, 15) is 26.8 Å². The summed E-state index contributed by atoms with van der Waals surface area (Å²) < 4.78 is 48.3. The lowest BCUT2D eigenvalue weighted by molar-refractivity contribution is 0.0996. The fourth-order valence-corrected chi connectivity index (χ4v) is 3.84. The van der Waals surface area contributed by atoms with Gasteiger partial charge in [-0.1, -0.05) is 0 Å². The third-order valence-electron chi connectivity index (χ3n) is 4.66. The normalized spacial score (nSPS) is 14.2. The number of halogens is 2. The number of carbonyl (C=O) groups excluding carboxylic acids is 2. The minimum Gasteiger partial charge on any atom is -0.370 e. The zero-order valence-corrected chi connectivity index (χ0v) is 16.1. The molecule has 2 aromatic carbocycles. The van der Waals surface area contributed by atoms with Gasteiger partial charge in [-0.15, -0.1) is 0 Å². The topological polar surface area (TPSA) is 110 Å². The Balaban J connectivity index is 1.88. The molecular formula is C19H19F2N3O4S. The van der Waals surface area contributed by atoms with Crippen LogP contribution in [0, 0.1) is 0 Å². The SMILES string of the molecule is NC(=O)c1ccc(N2CCCC2)c(NC(=O)c2ccc(S(=O)(=O)C(F)F)cc2)c1. The molecule has 1 heterocycles. The van der Waals surface area contributed by atoms with E-state index >= 15 is 0 Å². The summed E-state index contributed by atoms with van der Waals surface area (Å²) in [7, 11) is -4.73. The summed E-state index contributed by atoms with van der Waals surface area (Å²) in [5.74, 6) is -4.76. The number of hydrogen-bond acceptors (Lipinski definition) is 5. The van der Waals surface area contributed by atoms with Crippen molar-refractivity contribution >= 4 is 33.0 Å². The molecule has 0 aliphatic carbocycles. The van der Waals surface area contributed by atoms with E-state index in [-0.39, 0.29) is 11.1 Å². The maximum absolute atomic E-state index is 12.6. The fourth-order valence-electron chi connectivity index (χ4n) is 3.12. The molecular weight excluding hydrogens is 404 g/mol. The van der Waals surface area contributed by atoms with Crippen LogP contribution in [-0.4, -0.2) is 39.1 Å². The van der Waals surface area contributed by atoms with Gasteiger partial charge in [0.2, 0.25) is 15.7 Å². The Morgan fingerprint density at radius 3 is 2.14 bits per heavy atom. The van der Waals surface area contributed by atoms with Crippen molar-refractivity contribution in [2.75, 3.05) is 23.3 Å². The van der Waals surface area contributed by atoms with Crippen LogP contribution < -0.4 is 16.0 Å². The van der Waals surface area contributed by atoms with Gasteiger partial charge in [-0.05, 0) is 55.3 Å². The number of sulfone groups is 1. The van der Waals surface area contributed by atoms with E-state index in [2.05, 4.69) is 10.2 Å². The molecule has 154 valence electrons. The monoisotopic (exact) mass is 423 g/mol. The van der Waals surface area contributed by atoms with Gasteiger partial charge in [-0.25, -0.2) is 8.42 Å². The van der Waals surface area contributed by atoms with Crippen LogP contribution in [-0.2, 0) is 9.84 Å². The lowest BCUT2D eigenvalue weighted by atomic mass is 10.1. The molecule has 29 heavy (non-hydrogen) atoms. The quantitative estimate of drug-likeness (QED) is 0.742. The van der Waals surface area contributed by atoms with E-state index in [1.807, 2.05) is 0 Å². The molecule has 2 amide bonds. The predicted octanol–water partition coefficient (Wildman–Crippen LogP) is 2.63. The van der Waals surface area contributed by atoms with Crippen molar-refractivity contribution in [1.29, 1.82) is 0 Å². The fraction of sp³-hybridized carbons (Fsp3) is 0.263. The van der Waals surface area contributed by atoms with Crippen molar-refractivity contribution in [1.82, 2.24) is 0 Å². The first-order valence-electron chi connectivity index (χ1n) is 8.82. The summed E-state index contributed by atoms with van der Waals surface area (Å²) in [4.78, 5) is 25.6. The van der Waals surface area contributed by atoms with Gasteiger partial charge in [-0.3, -0.25) is 9.59 Å². The molecule has 0 radical (unpaired) electrons. The average molecular weight is 423 g/mol. The number of benzene rings is 2. The van der Waals surface area contributed by atoms with Crippen molar-refractivity contribution < 1.29 is 26.8 Å². The number of carbonyl (C=O) groups is 2. The number of nitrogens with two attached hydrogens (primary N) is 1. The summed E-state index contributed by atoms with van der Waals surface area (Å²) in [5, 5.41) is 2.69. The molecule has 0 bridgehead atoms. The number of amides is 2. The Bertz CT molecular complexity index is 1030. The summed E-state index contributed by atoms with van der Waals surface area (Å²) in [6.07, 6.45) is 2.01. The summed E-state index contributed by atoms with van der Waals surface area (Å²) >= 11 is 0. The number of alkyl halides is 2. The van der Waals surface area contributed by atoms with Crippen LogP contribution >= 0.6 is 0 Å². The van der Waals surface area contributed by atoms with E-state index in [4.69, 9.17) is 5.73 Å². The molecule has 0 aromatic heterocycles. The molecule has 0 unspecified atom stereocenters. The average Bonchev–Trinajstić information content (AvgIpc) is 3.22. The van der Waals surface area contributed by atoms with Crippen molar-refractivity contribution in [3.63, 3.8) is 0 Å². The maximum Gasteiger partial charge on any atom is 0.341 e. The molecule has 1 aliphatic heterocycles. The Kier molecular flexibility index (Phi) is 5.83. The van der Waals surface area contributed by atoms with E-state index in [1.165, 1.54) is 6.07 Å². The molecule has 1 fully saturated rings. The standard InChI is InChI=1S/C19H19F2N3O4S/c20-19(21)29(27,28)14-6-3-12(4-7-14)18(26)23-15-11-13(17(22)25)5-8-16(15)24-9-1-2-10-24/h3-8,11,19H,1-2,9-10H2,(H2,22,25)(H,23,26). The number of rotatable bonds is 6. The van der Waals surface area contributed by atoms with Crippen molar-refractivity contribution in [3.8, 4) is 0 Å². The van der Waals surface area contributed by atoms with Crippen LogP contribution in [0.25, 0.3) is 0 Å². The third-order valence-corrected chi connectivity index (χ3v) is 6.05. The highest BCUT2D eigenvalue weighted by Gasteiger charge is 2.26. The highest BCUT2D eigenvalue weighted by atomic mass is 32.2. The molecule has 7 nitrogen and oxygen atoms in total. The first kappa shape index (κ1) is 20.7. The Labute approximate surface area is 166 Å². The van der Waals surface area contributed by atoms with Crippen molar-refractivity contribution in [2.24, 2.45) is 5.73 Å². The van der Waals surface area contributed by atoms with Crippen LogP contribution in [0.3, 0.4) is 0 Å². The number of nitrogens with zero attached hydrogens (tertiary/aromatic N) is 1. The van der Waals surface area contributed by atoms with Gasteiger partial charge < -0.3 is 16.0 Å². The second-order valence-corrected chi connectivity index (χ2v) is 8.49. The Morgan fingerprint density at radius 1 is 1.00 bits per heavy atom. The van der Waals surface area contributed by atoms with Crippen LogP contribution in [0.2, 0.25) is 0 Å². The lowest BCUT2D eigenvalue weighted by Gasteiger charge is -2.22. The van der Waals surface area contributed by atoms with Gasteiger partial charge in [0.15, 0.2) is 0 Å². The summed E-state index contributed by atoms with van der Waals surface area (Å²) in [6, 6.07) is 8.98. The van der Waals surface area contributed by atoms with Gasteiger partial charge in [-0.2, -0.15) is 8.78 Å². The zero-order chi connectivity index (χ0) is 21.2. The Hall–Kier alpha value is -3.01. The van der Waals surface area contributed by atoms with E-state index in [1.54, 1.807) is 12.1 Å². The van der Waals surface area contributed by atoms with E-state index < -0.39 is 32.3 Å². The molecule has 1 aliphatic rings. The molecule has 3 N–H and O–H groups in total. The van der Waals surface area contributed by atoms with Crippen LogP contribution in [0.5, 0.6) is 0 Å². The highest BCUT2D eigenvalue weighted by molar-refractivity contribution is 7.91. The molecule has 10 heteroatoms. The zero-order valence-electron chi connectivity index (χ0n) is 15.3. The number of nitrogens with one attached hydrogen (secondary N) is 1. The highest BCUT2D eigenvalue weighted by Crippen LogP contribution is 2.30. The van der Waals surface area contributed by atoms with Crippen molar-refractivity contribution in [3.05, 3.63) is 53.6 Å². The molecule has 0 saturated carbocycles. The molecule has 3 rings (SSSR count). The first-order chi connectivity index (χ1) is 13.7. The minimum absolute atomic E-state index is 0.0788. The lowest BCUT2D eigenvalue weighted by Crippen LogP contribution is -2.22. The van der Waals surface area contributed by atoms with E-state index in [0.717, 1.165) is 55.9 Å². The second-order valence-electron chi connectivity index (χ2n) is 6.57. The Morgan fingerprint density at radius 2 is 1.59 bits per heavy atom. The van der Waals surface area contributed by atoms with Gasteiger partial charge in [0.05, 0.1) is 16.3 Å². The molecule has 2 aromatic rings. The minimum atomic E-state index is -4.73. The van der Waals surface area contributed by atoms with Crippen LogP contribution in [0.1, 0.15) is 33.6 Å². The largest absolute Gasteiger partial charge is 0.370 e. The predicted molar refractivity (Wildman–Crippen MR) is 104 cm³/mol. The van der Waals surface area contributed by atoms with Crippen molar-refractivity contribution in [2.45, 2.75) is 23.5 Å². The van der Waals surface area contributed by atoms with Crippen LogP contribution in [0.4, 0.5) is 20.2 Å². The third kappa shape index (κ3) is 4.37. The molecule has 0 atom stereocenters. The summed E-state index contributed by atoms with van der Waals surface area (Å²) in [5.41, 5.74) is 6.75. The smallest absolute Gasteiger partial charge is 0.341 e. The van der Waals surface area contributed by atoms with Gasteiger partial charge in [0, 0.05) is 24.2 Å². The van der Waals surface area contributed by atoms with Gasteiger partial charge in [0.1, 0.15) is 0 Å². The van der Waals surface area contributed by atoms with Gasteiger partial charge in [0.25, 0.3) is 5.91 Å². The number of hydrogen-bond donors (Lipinski definition) is 2. The van der Waals surface area contributed by atoms with Gasteiger partial charge >= 0.3 is 5.76 Å². The van der Waals surface area contributed by atoms with E-state index in [0.29, 0.717) is 5.69 Å². The maximum atomic E-state index is 12.6.